The van der Waals surface area contributed by atoms with Crippen LogP contribution in [0.15, 0.2) is 11.1 Å². The predicted octanol–water partition coefficient (Wildman–Crippen LogP) is 3.22. The first kappa shape index (κ1) is 14.1. The number of carboxylic acid groups (broad SMARTS) is 2. The van der Waals surface area contributed by atoms with Crippen LogP contribution in [0.3, 0.4) is 0 Å². The van der Waals surface area contributed by atoms with Crippen LogP contribution in [-0.2, 0) is 9.59 Å². The molecule has 0 aromatic rings. The maximum Gasteiger partial charge on any atom is 0.343 e. The van der Waals surface area contributed by atoms with E-state index in [-0.39, 0.29) is 5.57 Å². The summed E-state index contributed by atoms with van der Waals surface area (Å²) in [6, 6.07) is 0. The van der Waals surface area contributed by atoms with Gasteiger partial charge in [0.1, 0.15) is 5.57 Å². The minimum Gasteiger partial charge on any atom is -0.477 e. The van der Waals surface area contributed by atoms with E-state index in [1.807, 2.05) is 0 Å². The molecule has 0 bridgehead atoms. The Labute approximate surface area is 113 Å². The number of aliphatic carboxylic acids is 2. The molecule has 0 spiro atoms. The molecule has 0 amide bonds. The molecule has 0 aromatic carbocycles. The van der Waals surface area contributed by atoms with E-state index in [1.165, 1.54) is 32.1 Å². The fraction of sp³-hybridized carbons (Fsp3) is 0.733. The summed E-state index contributed by atoms with van der Waals surface area (Å²) < 4.78 is 0. The molecular formula is C15H22O4. The Kier molecular flexibility index (Phi) is 4.61. The molecule has 2 rings (SSSR count). The summed E-state index contributed by atoms with van der Waals surface area (Å²) in [5.74, 6) is -1.13. The van der Waals surface area contributed by atoms with Crippen LogP contribution in [0.25, 0.3) is 0 Å². The van der Waals surface area contributed by atoms with Crippen LogP contribution < -0.4 is 0 Å². The van der Waals surface area contributed by atoms with Crippen molar-refractivity contribution in [1.82, 2.24) is 0 Å². The third kappa shape index (κ3) is 3.37. The second-order valence-corrected chi connectivity index (χ2v) is 5.82. The van der Waals surface area contributed by atoms with Crippen LogP contribution in [0, 0.1) is 11.8 Å². The van der Waals surface area contributed by atoms with E-state index in [4.69, 9.17) is 10.2 Å². The minimum atomic E-state index is -1.29. The molecule has 106 valence electrons. The fourth-order valence-corrected chi connectivity index (χ4v) is 3.71. The topological polar surface area (TPSA) is 74.6 Å². The first-order valence-electron chi connectivity index (χ1n) is 7.28. The average molecular weight is 266 g/mol. The van der Waals surface area contributed by atoms with E-state index in [1.54, 1.807) is 0 Å². The molecule has 2 aliphatic rings. The van der Waals surface area contributed by atoms with E-state index in [0.717, 1.165) is 18.8 Å². The Morgan fingerprint density at radius 1 is 0.789 bits per heavy atom. The molecule has 0 radical (unpaired) electrons. The van der Waals surface area contributed by atoms with Gasteiger partial charge in [0.2, 0.25) is 0 Å². The quantitative estimate of drug-likeness (QED) is 0.467. The maximum absolute atomic E-state index is 11.0. The van der Waals surface area contributed by atoms with Gasteiger partial charge >= 0.3 is 11.9 Å². The van der Waals surface area contributed by atoms with Gasteiger partial charge in [0.25, 0.3) is 0 Å². The van der Waals surface area contributed by atoms with Crippen molar-refractivity contribution in [1.29, 1.82) is 0 Å². The van der Waals surface area contributed by atoms with Crippen LogP contribution in [0.2, 0.25) is 0 Å². The molecule has 2 fully saturated rings. The standard InChI is InChI=1S/C15H22O4/c16-14(17)13(15(18)19)12-8-6-11(7-9-12)10-4-2-1-3-5-10/h10-11H,1-9H2,(H,16,17)(H,18,19). The summed E-state index contributed by atoms with van der Waals surface area (Å²) in [6.07, 6.45) is 9.80. The zero-order valence-corrected chi connectivity index (χ0v) is 11.2. The van der Waals surface area contributed by atoms with Crippen molar-refractivity contribution in [2.45, 2.75) is 57.8 Å². The van der Waals surface area contributed by atoms with E-state index in [2.05, 4.69) is 0 Å². The summed E-state index contributed by atoms with van der Waals surface area (Å²) in [5, 5.41) is 17.9. The van der Waals surface area contributed by atoms with Crippen LogP contribution in [0.5, 0.6) is 0 Å². The predicted molar refractivity (Wildman–Crippen MR) is 70.8 cm³/mol. The third-order valence-corrected chi connectivity index (χ3v) is 4.73. The van der Waals surface area contributed by atoms with Crippen molar-refractivity contribution >= 4 is 11.9 Å². The van der Waals surface area contributed by atoms with Crippen molar-refractivity contribution in [2.75, 3.05) is 0 Å². The van der Waals surface area contributed by atoms with Crippen LogP contribution in [0.1, 0.15) is 57.8 Å². The molecule has 19 heavy (non-hydrogen) atoms. The Bertz CT molecular complexity index is 365. The van der Waals surface area contributed by atoms with Crippen molar-refractivity contribution in [3.8, 4) is 0 Å². The van der Waals surface area contributed by atoms with E-state index >= 15 is 0 Å². The van der Waals surface area contributed by atoms with Crippen molar-refractivity contribution < 1.29 is 19.8 Å². The van der Waals surface area contributed by atoms with Gasteiger partial charge in [-0.15, -0.1) is 0 Å². The Hall–Kier alpha value is -1.32. The molecule has 0 unspecified atom stereocenters. The van der Waals surface area contributed by atoms with Crippen LogP contribution >= 0.6 is 0 Å². The van der Waals surface area contributed by atoms with E-state index in [9.17, 15) is 9.59 Å². The molecule has 0 aliphatic heterocycles. The lowest BCUT2D eigenvalue weighted by Gasteiger charge is -2.34. The first-order valence-corrected chi connectivity index (χ1v) is 7.28. The Morgan fingerprint density at radius 3 is 1.74 bits per heavy atom. The van der Waals surface area contributed by atoms with Gasteiger partial charge < -0.3 is 10.2 Å². The van der Waals surface area contributed by atoms with Gasteiger partial charge in [0, 0.05) is 0 Å². The molecule has 2 saturated carbocycles. The first-order chi connectivity index (χ1) is 9.09. The van der Waals surface area contributed by atoms with Gasteiger partial charge in [0.05, 0.1) is 0 Å². The second kappa shape index (κ2) is 6.22. The minimum absolute atomic E-state index is 0.387. The van der Waals surface area contributed by atoms with Crippen molar-refractivity contribution in [3.63, 3.8) is 0 Å². The van der Waals surface area contributed by atoms with E-state index in [0.29, 0.717) is 24.3 Å². The molecule has 0 heterocycles. The molecule has 0 saturated heterocycles. The van der Waals surface area contributed by atoms with Crippen molar-refractivity contribution in [2.24, 2.45) is 11.8 Å². The van der Waals surface area contributed by atoms with Gasteiger partial charge in [-0.25, -0.2) is 9.59 Å². The summed E-state index contributed by atoms with van der Waals surface area (Å²) in [4.78, 5) is 22.0. The highest BCUT2D eigenvalue weighted by Crippen LogP contribution is 2.40. The Morgan fingerprint density at radius 2 is 1.26 bits per heavy atom. The molecule has 0 aromatic heterocycles. The van der Waals surface area contributed by atoms with Crippen LogP contribution in [0.4, 0.5) is 0 Å². The van der Waals surface area contributed by atoms with Gasteiger partial charge in [-0.05, 0) is 43.1 Å². The smallest absolute Gasteiger partial charge is 0.343 e. The SMILES string of the molecule is O=C(O)C(C(=O)O)=C1CCC(C2CCCCC2)CC1. The number of carboxylic acids is 2. The number of allylic oxidation sites excluding steroid dienone is 1. The lowest BCUT2D eigenvalue weighted by Crippen LogP contribution is -2.23. The highest BCUT2D eigenvalue weighted by Gasteiger charge is 2.30. The maximum atomic E-state index is 11.0. The van der Waals surface area contributed by atoms with Gasteiger partial charge in [-0.2, -0.15) is 0 Å². The van der Waals surface area contributed by atoms with Gasteiger partial charge in [-0.1, -0.05) is 32.1 Å². The van der Waals surface area contributed by atoms with Crippen molar-refractivity contribution in [3.05, 3.63) is 11.1 Å². The average Bonchev–Trinajstić information content (AvgIpc) is 2.40. The molecule has 2 aliphatic carbocycles. The molecular weight excluding hydrogens is 244 g/mol. The largest absolute Gasteiger partial charge is 0.477 e. The number of hydrogen-bond donors (Lipinski definition) is 2. The molecule has 4 heteroatoms. The van der Waals surface area contributed by atoms with Gasteiger partial charge in [0.15, 0.2) is 0 Å². The lowest BCUT2D eigenvalue weighted by molar-refractivity contribution is -0.140. The highest BCUT2D eigenvalue weighted by molar-refractivity contribution is 6.13. The fourth-order valence-electron chi connectivity index (χ4n) is 3.71. The summed E-state index contributed by atoms with van der Waals surface area (Å²) in [6.45, 7) is 0. The second-order valence-electron chi connectivity index (χ2n) is 5.82. The summed E-state index contributed by atoms with van der Waals surface area (Å²) in [7, 11) is 0. The number of carbonyl (C=O) groups is 2. The molecule has 4 nitrogen and oxygen atoms in total. The normalized spacial score (nSPS) is 25.1. The zero-order valence-electron chi connectivity index (χ0n) is 11.2. The van der Waals surface area contributed by atoms with E-state index < -0.39 is 11.9 Å². The van der Waals surface area contributed by atoms with Gasteiger partial charge in [-0.3, -0.25) is 0 Å². The highest BCUT2D eigenvalue weighted by atomic mass is 16.4. The molecule has 2 N–H and O–H groups in total. The molecule has 0 atom stereocenters. The third-order valence-electron chi connectivity index (χ3n) is 4.73. The lowest BCUT2D eigenvalue weighted by atomic mass is 9.72. The summed E-state index contributed by atoms with van der Waals surface area (Å²) in [5.41, 5.74) is 0.245. The summed E-state index contributed by atoms with van der Waals surface area (Å²) >= 11 is 0. The number of rotatable bonds is 3. The Balaban J connectivity index is 1.99. The number of hydrogen-bond acceptors (Lipinski definition) is 2. The zero-order chi connectivity index (χ0) is 13.8. The monoisotopic (exact) mass is 266 g/mol. The van der Waals surface area contributed by atoms with Crippen LogP contribution in [-0.4, -0.2) is 22.2 Å².